The molecule has 1 saturated carbocycles. The van der Waals surface area contributed by atoms with E-state index in [1.165, 1.54) is 22.4 Å². The molecule has 3 N–H and O–H groups in total. The Labute approximate surface area is 365 Å². The van der Waals surface area contributed by atoms with Gasteiger partial charge in [-0.3, -0.25) is 23.9 Å². The quantitative estimate of drug-likeness (QED) is 0.111. The van der Waals surface area contributed by atoms with Gasteiger partial charge in [0.2, 0.25) is 5.95 Å². The van der Waals surface area contributed by atoms with Crippen LogP contribution in [0.15, 0.2) is 95.0 Å². The SMILES string of the molecule is COc1cc(N2CCC(N3CCN(c4ccc(-n5ccc(=O)[nH]c5=O)cc4)CC3)CC2)c(-c2cnn(C)c2)cc1Nc1ncc(Cl)c(Nc2ccc(C3CC3)cc2P(C)(C)=O)n1. The molecular weight excluding hydrogens is 825 g/mol. The average molecular weight is 876 g/mol. The van der Waals surface area contributed by atoms with Crippen molar-refractivity contribution in [3.05, 3.63) is 117 Å². The molecule has 0 unspecified atom stereocenters. The van der Waals surface area contributed by atoms with Crippen LogP contribution < -0.4 is 41.7 Å². The van der Waals surface area contributed by atoms with Crippen molar-refractivity contribution in [2.75, 3.05) is 80.1 Å². The highest BCUT2D eigenvalue weighted by atomic mass is 35.5. The number of halogens is 1. The molecule has 0 amide bonds. The lowest BCUT2D eigenvalue weighted by molar-refractivity contribution is 0.160. The summed E-state index contributed by atoms with van der Waals surface area (Å²) in [7, 11) is 0.963. The van der Waals surface area contributed by atoms with E-state index in [4.69, 9.17) is 21.3 Å². The summed E-state index contributed by atoms with van der Waals surface area (Å²) in [5, 5.41) is 12.4. The highest BCUT2D eigenvalue weighted by molar-refractivity contribution is 7.70. The number of anilines is 6. The number of methoxy groups -OCH3 is 1. The maximum Gasteiger partial charge on any atom is 0.332 e. The Hall–Kier alpha value is -5.89. The second-order valence-electron chi connectivity index (χ2n) is 16.8. The zero-order chi connectivity index (χ0) is 43.1. The summed E-state index contributed by atoms with van der Waals surface area (Å²) < 4.78 is 22.7. The number of hydrogen-bond acceptors (Lipinski definition) is 12. The van der Waals surface area contributed by atoms with Gasteiger partial charge in [0, 0.05) is 105 Å². The number of hydrogen-bond donors (Lipinski definition) is 3. The van der Waals surface area contributed by atoms with Gasteiger partial charge in [-0.15, -0.1) is 0 Å². The molecule has 1 aliphatic carbocycles. The van der Waals surface area contributed by atoms with Gasteiger partial charge >= 0.3 is 5.69 Å². The largest absolute Gasteiger partial charge is 0.494 e. The minimum absolute atomic E-state index is 0.327. The summed E-state index contributed by atoms with van der Waals surface area (Å²) in [5.74, 6) is 1.92. The van der Waals surface area contributed by atoms with Crippen molar-refractivity contribution >= 4 is 58.6 Å². The van der Waals surface area contributed by atoms with Gasteiger partial charge in [0.05, 0.1) is 36.6 Å². The van der Waals surface area contributed by atoms with E-state index in [-0.39, 0.29) is 0 Å². The van der Waals surface area contributed by atoms with Gasteiger partial charge in [-0.25, -0.2) is 9.78 Å². The Morgan fingerprint density at radius 2 is 1.58 bits per heavy atom. The first-order valence-corrected chi connectivity index (χ1v) is 24.0. The van der Waals surface area contributed by atoms with Crippen molar-refractivity contribution in [2.45, 2.75) is 37.6 Å². The Bertz CT molecular complexity index is 2760. The summed E-state index contributed by atoms with van der Waals surface area (Å²) in [4.78, 5) is 42.8. The molecule has 0 atom stereocenters. The second kappa shape index (κ2) is 17.1. The summed E-state index contributed by atoms with van der Waals surface area (Å²) in [6.45, 7) is 9.12. The van der Waals surface area contributed by atoms with Crippen molar-refractivity contribution in [3.8, 4) is 22.6 Å². The number of aryl methyl sites for hydroxylation is 1. The Kier molecular flexibility index (Phi) is 11.4. The molecule has 3 aromatic heterocycles. The molecule has 3 aromatic carbocycles. The van der Waals surface area contributed by atoms with Gasteiger partial charge < -0.3 is 29.7 Å². The first kappa shape index (κ1) is 41.5. The minimum Gasteiger partial charge on any atom is -0.494 e. The first-order valence-electron chi connectivity index (χ1n) is 21.0. The fourth-order valence-corrected chi connectivity index (χ4v) is 9.99. The number of nitrogens with zero attached hydrogens (tertiary/aromatic N) is 8. The van der Waals surface area contributed by atoms with Gasteiger partial charge in [0.1, 0.15) is 17.9 Å². The van der Waals surface area contributed by atoms with Crippen molar-refractivity contribution in [1.29, 1.82) is 0 Å². The van der Waals surface area contributed by atoms with Crippen LogP contribution in [0.3, 0.4) is 0 Å². The molecular formula is C45H51ClN11O4P. The standard InChI is InChI=1S/C45H51ClN11O4P/c1-53-28-31(26-48-53)35-24-38(50-44-47-27-36(46)43(52-44)49-37-12-7-30(29-5-6-29)23-41(37)62(3,4)60)40(61-2)25-39(35)56-16-13-33(14-17-56)55-21-19-54(20-22-55)32-8-10-34(11-9-32)57-18-15-42(58)51-45(57)59/h7-12,15,18,23-29,33H,5-6,13-14,16-17,19-22H2,1-4H3,(H,51,58,59)(H2,47,49,50,52). The molecule has 0 bridgehead atoms. The van der Waals surface area contributed by atoms with E-state index in [1.807, 2.05) is 54.5 Å². The average Bonchev–Trinajstić information content (AvgIpc) is 4.03. The summed E-state index contributed by atoms with van der Waals surface area (Å²) in [6.07, 6.45) is 11.3. The lowest BCUT2D eigenvalue weighted by Crippen LogP contribution is -2.53. The molecule has 2 aliphatic heterocycles. The van der Waals surface area contributed by atoms with E-state index in [9.17, 15) is 14.2 Å². The molecule has 5 heterocycles. The molecule has 3 aliphatic rings. The van der Waals surface area contributed by atoms with Gasteiger partial charge in [0.15, 0.2) is 5.82 Å². The number of piperazine rings is 1. The molecule has 0 radical (unpaired) electrons. The topological polar surface area (TPSA) is 159 Å². The van der Waals surface area contributed by atoms with Gasteiger partial charge in [-0.2, -0.15) is 10.1 Å². The molecule has 2 saturated heterocycles. The van der Waals surface area contributed by atoms with Crippen molar-refractivity contribution in [1.82, 2.24) is 34.2 Å². The van der Waals surface area contributed by atoms with E-state index in [0.29, 0.717) is 51.6 Å². The number of rotatable bonds is 12. The van der Waals surface area contributed by atoms with Gasteiger partial charge in [-0.1, -0.05) is 17.7 Å². The second-order valence-corrected chi connectivity index (χ2v) is 20.3. The maximum absolute atomic E-state index is 13.4. The molecule has 9 rings (SSSR count). The van der Waals surface area contributed by atoms with Gasteiger partial charge in [-0.05, 0) is 93.0 Å². The number of benzene rings is 3. The zero-order valence-corrected chi connectivity index (χ0v) is 37.0. The van der Waals surface area contributed by atoms with E-state index in [0.717, 1.165) is 92.8 Å². The predicted molar refractivity (Wildman–Crippen MR) is 248 cm³/mol. The molecule has 17 heteroatoms. The fourth-order valence-electron chi connectivity index (χ4n) is 8.68. The smallest absolute Gasteiger partial charge is 0.332 e. The van der Waals surface area contributed by atoms with Crippen LogP contribution in [-0.2, 0) is 11.6 Å². The molecule has 3 fully saturated rings. The molecule has 0 spiro atoms. The third-order valence-corrected chi connectivity index (χ3v) is 14.0. The summed E-state index contributed by atoms with van der Waals surface area (Å²) >= 11 is 6.66. The Balaban J connectivity index is 0.888. The van der Waals surface area contributed by atoms with Crippen LogP contribution in [-0.4, -0.2) is 99.9 Å². The predicted octanol–water partition coefficient (Wildman–Crippen LogP) is 6.78. The van der Waals surface area contributed by atoms with Crippen LogP contribution in [0, 0.1) is 0 Å². The first-order chi connectivity index (χ1) is 29.9. The van der Waals surface area contributed by atoms with Gasteiger partial charge in [0.25, 0.3) is 5.56 Å². The van der Waals surface area contributed by atoms with E-state index < -0.39 is 18.4 Å². The third-order valence-electron chi connectivity index (χ3n) is 12.2. The monoisotopic (exact) mass is 875 g/mol. The van der Waals surface area contributed by atoms with E-state index in [1.54, 1.807) is 26.6 Å². The number of aromatic amines is 1. The van der Waals surface area contributed by atoms with Crippen molar-refractivity contribution in [3.63, 3.8) is 0 Å². The number of nitrogens with one attached hydrogen (secondary N) is 3. The minimum atomic E-state index is -2.62. The number of piperidine rings is 1. The van der Waals surface area contributed by atoms with E-state index in [2.05, 4.69) is 64.7 Å². The zero-order valence-electron chi connectivity index (χ0n) is 35.3. The molecule has 15 nitrogen and oxygen atoms in total. The number of ether oxygens (including phenoxy) is 1. The van der Waals surface area contributed by atoms with Crippen LogP contribution in [0.4, 0.5) is 34.5 Å². The van der Waals surface area contributed by atoms with Crippen LogP contribution in [0.25, 0.3) is 16.8 Å². The Morgan fingerprint density at radius 1 is 0.839 bits per heavy atom. The highest BCUT2D eigenvalue weighted by Gasteiger charge is 2.30. The van der Waals surface area contributed by atoms with Crippen LogP contribution in [0.1, 0.15) is 37.2 Å². The maximum atomic E-state index is 13.4. The Morgan fingerprint density at radius 3 is 2.24 bits per heavy atom. The van der Waals surface area contributed by atoms with Crippen LogP contribution in [0.5, 0.6) is 5.75 Å². The van der Waals surface area contributed by atoms with Crippen molar-refractivity contribution < 1.29 is 9.30 Å². The van der Waals surface area contributed by atoms with E-state index >= 15 is 0 Å². The molecule has 62 heavy (non-hydrogen) atoms. The normalized spacial score (nSPS) is 16.4. The van der Waals surface area contributed by atoms with Crippen LogP contribution in [0.2, 0.25) is 5.02 Å². The third kappa shape index (κ3) is 8.88. The molecule has 6 aromatic rings. The lowest BCUT2D eigenvalue weighted by Gasteiger charge is -2.44. The summed E-state index contributed by atoms with van der Waals surface area (Å²) in [6, 6.07) is 20.0. The molecule has 322 valence electrons. The number of H-pyrrole nitrogens is 1. The summed E-state index contributed by atoms with van der Waals surface area (Å²) in [5.41, 5.74) is 6.65. The highest BCUT2D eigenvalue weighted by Crippen LogP contribution is 2.45. The van der Waals surface area contributed by atoms with Crippen molar-refractivity contribution in [2.24, 2.45) is 7.05 Å². The van der Waals surface area contributed by atoms with Crippen LogP contribution >= 0.6 is 18.7 Å². The number of aromatic nitrogens is 6. The lowest BCUT2D eigenvalue weighted by atomic mass is 9.98. The fraction of sp³-hybridized carbons (Fsp3) is 0.356.